The van der Waals surface area contributed by atoms with E-state index >= 15 is 0 Å². The number of hydrogen-bond acceptors (Lipinski definition) is 4. The summed E-state index contributed by atoms with van der Waals surface area (Å²) in [6.07, 6.45) is 4.45. The molecule has 1 unspecified atom stereocenters. The number of hydrogen-bond donors (Lipinski definition) is 0. The van der Waals surface area contributed by atoms with Crippen molar-refractivity contribution in [2.75, 3.05) is 27.3 Å². The van der Waals surface area contributed by atoms with Crippen LogP contribution in [0.1, 0.15) is 24.1 Å². The van der Waals surface area contributed by atoms with Crippen molar-refractivity contribution in [3.63, 3.8) is 0 Å². The van der Waals surface area contributed by atoms with E-state index in [1.54, 1.807) is 14.2 Å². The molecule has 2 aromatic carbocycles. The van der Waals surface area contributed by atoms with Crippen molar-refractivity contribution in [3.8, 4) is 22.9 Å². The fraction of sp³-hybridized carbons (Fsp3) is 0.400. The van der Waals surface area contributed by atoms with Crippen LogP contribution in [-0.4, -0.2) is 41.8 Å². The van der Waals surface area contributed by atoms with Crippen molar-refractivity contribution < 1.29 is 9.47 Å². The zero-order valence-corrected chi connectivity index (χ0v) is 18.2. The highest BCUT2D eigenvalue weighted by Crippen LogP contribution is 2.32. The van der Waals surface area contributed by atoms with E-state index in [1.807, 2.05) is 18.3 Å². The van der Waals surface area contributed by atoms with Gasteiger partial charge in [-0.15, -0.1) is 0 Å². The van der Waals surface area contributed by atoms with E-state index in [0.717, 1.165) is 43.5 Å². The molecule has 30 heavy (non-hydrogen) atoms. The van der Waals surface area contributed by atoms with Crippen LogP contribution in [0.4, 0.5) is 0 Å². The Balaban J connectivity index is 1.48. The first kappa shape index (κ1) is 20.5. The van der Waals surface area contributed by atoms with Gasteiger partial charge >= 0.3 is 0 Å². The summed E-state index contributed by atoms with van der Waals surface area (Å²) in [6, 6.07) is 16.6. The third kappa shape index (κ3) is 4.36. The van der Waals surface area contributed by atoms with Crippen LogP contribution in [0, 0.1) is 12.8 Å². The lowest BCUT2D eigenvalue weighted by atomic mass is 9.97. The quantitative estimate of drug-likeness (QED) is 0.567. The summed E-state index contributed by atoms with van der Waals surface area (Å²) in [5.41, 5.74) is 3.58. The normalized spacial score (nSPS) is 17.1. The molecule has 1 aliphatic rings. The average Bonchev–Trinajstić information content (AvgIpc) is 3.14. The van der Waals surface area contributed by atoms with Crippen LogP contribution in [0.15, 0.2) is 54.7 Å². The number of benzene rings is 2. The molecule has 3 aromatic rings. The number of aromatic nitrogens is 2. The Labute approximate surface area is 179 Å². The molecular formula is C25H31N3O2. The molecule has 0 radical (unpaired) electrons. The topological polar surface area (TPSA) is 39.5 Å². The molecule has 5 heteroatoms. The summed E-state index contributed by atoms with van der Waals surface area (Å²) in [5, 5.41) is 0. The monoisotopic (exact) mass is 405 g/mol. The van der Waals surface area contributed by atoms with Crippen molar-refractivity contribution in [1.29, 1.82) is 0 Å². The first-order valence-corrected chi connectivity index (χ1v) is 10.7. The summed E-state index contributed by atoms with van der Waals surface area (Å²) < 4.78 is 13.5. The SMILES string of the molecule is COc1cccc(CN2CCCC(Cn3c(C)cnc3-c3ccccc3)C2)c1OC. The molecule has 5 nitrogen and oxygen atoms in total. The highest BCUT2D eigenvalue weighted by atomic mass is 16.5. The summed E-state index contributed by atoms with van der Waals surface area (Å²) in [7, 11) is 3.41. The highest BCUT2D eigenvalue weighted by molar-refractivity contribution is 5.55. The molecule has 0 N–H and O–H groups in total. The van der Waals surface area contributed by atoms with E-state index in [0.29, 0.717) is 5.92 Å². The van der Waals surface area contributed by atoms with Crippen LogP contribution in [0.5, 0.6) is 11.5 Å². The van der Waals surface area contributed by atoms with Gasteiger partial charge in [0, 0.05) is 42.7 Å². The molecular weight excluding hydrogens is 374 g/mol. The maximum Gasteiger partial charge on any atom is 0.165 e. The molecule has 0 bridgehead atoms. The van der Waals surface area contributed by atoms with E-state index in [9.17, 15) is 0 Å². The zero-order valence-electron chi connectivity index (χ0n) is 18.2. The fourth-order valence-corrected chi connectivity index (χ4v) is 4.53. The number of nitrogens with zero attached hydrogens (tertiary/aromatic N) is 3. The molecule has 0 saturated carbocycles. The summed E-state index contributed by atoms with van der Waals surface area (Å²) in [6.45, 7) is 6.23. The van der Waals surface area contributed by atoms with Crippen LogP contribution in [0.2, 0.25) is 0 Å². The first-order chi connectivity index (χ1) is 14.7. The minimum absolute atomic E-state index is 0.603. The Kier molecular flexibility index (Phi) is 6.38. The molecule has 1 fully saturated rings. The Morgan fingerprint density at radius 2 is 1.87 bits per heavy atom. The number of ether oxygens (including phenoxy) is 2. The Morgan fingerprint density at radius 1 is 1.03 bits per heavy atom. The van der Waals surface area contributed by atoms with E-state index in [2.05, 4.69) is 52.8 Å². The number of aryl methyl sites for hydroxylation is 1. The Hall–Kier alpha value is -2.79. The van der Waals surface area contributed by atoms with E-state index in [4.69, 9.17) is 14.5 Å². The standard InChI is InChI=1S/C25H31N3O2/c1-19-15-26-25(21-10-5-4-6-11-21)28(19)17-20-9-8-14-27(16-20)18-22-12-7-13-23(29-2)24(22)30-3/h4-7,10-13,15,20H,8-9,14,16-18H2,1-3H3. The Bertz CT molecular complexity index is 968. The zero-order chi connectivity index (χ0) is 20.9. The third-order valence-electron chi connectivity index (χ3n) is 6.01. The van der Waals surface area contributed by atoms with Crippen LogP contribution in [0.3, 0.4) is 0 Å². The number of rotatable bonds is 7. The van der Waals surface area contributed by atoms with Crippen molar-refractivity contribution in [1.82, 2.24) is 14.5 Å². The van der Waals surface area contributed by atoms with Gasteiger partial charge in [-0.1, -0.05) is 42.5 Å². The van der Waals surface area contributed by atoms with E-state index < -0.39 is 0 Å². The summed E-state index contributed by atoms with van der Waals surface area (Å²) in [4.78, 5) is 7.24. The highest BCUT2D eigenvalue weighted by Gasteiger charge is 2.23. The van der Waals surface area contributed by atoms with Crippen molar-refractivity contribution >= 4 is 0 Å². The number of piperidine rings is 1. The predicted molar refractivity (Wildman–Crippen MR) is 120 cm³/mol. The molecule has 2 heterocycles. The lowest BCUT2D eigenvalue weighted by Gasteiger charge is -2.33. The van der Waals surface area contributed by atoms with Gasteiger partial charge in [0.2, 0.25) is 0 Å². The molecule has 1 aromatic heterocycles. The Morgan fingerprint density at radius 3 is 2.63 bits per heavy atom. The van der Waals surface area contributed by atoms with Gasteiger partial charge in [0.25, 0.3) is 0 Å². The predicted octanol–water partition coefficient (Wildman–Crippen LogP) is 4.79. The van der Waals surface area contributed by atoms with Crippen molar-refractivity contribution in [2.45, 2.75) is 32.9 Å². The largest absolute Gasteiger partial charge is 0.493 e. The van der Waals surface area contributed by atoms with Gasteiger partial charge in [0.05, 0.1) is 14.2 Å². The minimum Gasteiger partial charge on any atom is -0.493 e. The number of imidazole rings is 1. The number of para-hydroxylation sites is 1. The van der Waals surface area contributed by atoms with Gasteiger partial charge in [-0.2, -0.15) is 0 Å². The summed E-state index contributed by atoms with van der Waals surface area (Å²) >= 11 is 0. The molecule has 1 aliphatic heterocycles. The van der Waals surface area contributed by atoms with Gasteiger partial charge in [-0.25, -0.2) is 4.98 Å². The molecule has 4 rings (SSSR count). The summed E-state index contributed by atoms with van der Waals surface area (Å²) in [5.74, 6) is 3.31. The lowest BCUT2D eigenvalue weighted by Crippen LogP contribution is -2.36. The second-order valence-corrected chi connectivity index (χ2v) is 8.10. The number of methoxy groups -OCH3 is 2. The second kappa shape index (κ2) is 9.35. The molecule has 0 amide bonds. The first-order valence-electron chi connectivity index (χ1n) is 10.7. The smallest absolute Gasteiger partial charge is 0.165 e. The average molecular weight is 406 g/mol. The van der Waals surface area contributed by atoms with Gasteiger partial charge in [-0.05, 0) is 38.3 Å². The fourth-order valence-electron chi connectivity index (χ4n) is 4.53. The molecule has 1 atom stereocenters. The van der Waals surface area contributed by atoms with Crippen LogP contribution in [0.25, 0.3) is 11.4 Å². The second-order valence-electron chi connectivity index (χ2n) is 8.10. The third-order valence-corrected chi connectivity index (χ3v) is 6.01. The van der Waals surface area contributed by atoms with Gasteiger partial charge in [0.1, 0.15) is 5.82 Å². The molecule has 1 saturated heterocycles. The maximum absolute atomic E-state index is 5.64. The van der Waals surface area contributed by atoms with Crippen LogP contribution >= 0.6 is 0 Å². The van der Waals surface area contributed by atoms with Gasteiger partial charge < -0.3 is 14.0 Å². The van der Waals surface area contributed by atoms with Crippen molar-refractivity contribution in [3.05, 3.63) is 66.0 Å². The van der Waals surface area contributed by atoms with Gasteiger partial charge in [0.15, 0.2) is 11.5 Å². The number of likely N-dealkylation sites (tertiary alicyclic amines) is 1. The lowest BCUT2D eigenvalue weighted by molar-refractivity contribution is 0.154. The molecule has 158 valence electrons. The van der Waals surface area contributed by atoms with Crippen LogP contribution in [-0.2, 0) is 13.1 Å². The van der Waals surface area contributed by atoms with Crippen LogP contribution < -0.4 is 9.47 Å². The van der Waals surface area contributed by atoms with E-state index in [-0.39, 0.29) is 0 Å². The minimum atomic E-state index is 0.603. The van der Waals surface area contributed by atoms with Crippen molar-refractivity contribution in [2.24, 2.45) is 5.92 Å². The maximum atomic E-state index is 5.64. The molecule has 0 spiro atoms. The molecule has 0 aliphatic carbocycles. The van der Waals surface area contributed by atoms with E-state index in [1.165, 1.54) is 29.7 Å². The van der Waals surface area contributed by atoms with Gasteiger partial charge in [-0.3, -0.25) is 4.90 Å².